The zero-order valence-electron chi connectivity index (χ0n) is 19.9. The summed E-state index contributed by atoms with van der Waals surface area (Å²) in [6, 6.07) is 12.8. The van der Waals surface area contributed by atoms with Gasteiger partial charge < -0.3 is 20.9 Å². The molecule has 1 fully saturated rings. The van der Waals surface area contributed by atoms with E-state index in [9.17, 15) is 14.0 Å². The predicted octanol–water partition coefficient (Wildman–Crippen LogP) is 4.11. The van der Waals surface area contributed by atoms with Crippen molar-refractivity contribution in [2.45, 2.75) is 39.7 Å². The molecule has 0 bridgehead atoms. The number of thiocarbonyl (C=S) groups is 1. The lowest BCUT2D eigenvalue weighted by Crippen LogP contribution is -2.54. The minimum absolute atomic E-state index is 0.00926. The number of benzene rings is 2. The largest absolute Gasteiger partial charge is 0.354 e. The summed E-state index contributed by atoms with van der Waals surface area (Å²) in [4.78, 5) is 28.1. The SMILES string of the molecule is Cc1ccccc1C(=O)N[C@H](C(=O)NCC(C)C)C1CCN(C(=S)Nc2ccc(F)cc2)CC1. The van der Waals surface area contributed by atoms with E-state index in [1.54, 1.807) is 18.2 Å². The first-order valence-electron chi connectivity index (χ1n) is 11.7. The Kier molecular flexibility index (Phi) is 8.98. The van der Waals surface area contributed by atoms with E-state index in [4.69, 9.17) is 12.2 Å². The van der Waals surface area contributed by atoms with E-state index in [1.807, 2.05) is 43.9 Å². The molecular weight excluding hydrogens is 451 g/mol. The second-order valence-corrected chi connectivity index (χ2v) is 9.55. The lowest BCUT2D eigenvalue weighted by atomic mass is 9.88. The van der Waals surface area contributed by atoms with Gasteiger partial charge in [0.25, 0.3) is 5.91 Å². The van der Waals surface area contributed by atoms with Gasteiger partial charge in [0.1, 0.15) is 11.9 Å². The van der Waals surface area contributed by atoms with Crippen LogP contribution in [0.5, 0.6) is 0 Å². The number of nitrogens with zero attached hydrogens (tertiary/aromatic N) is 1. The van der Waals surface area contributed by atoms with E-state index < -0.39 is 6.04 Å². The molecule has 3 N–H and O–H groups in total. The zero-order chi connectivity index (χ0) is 24.7. The third-order valence-corrected chi connectivity index (χ3v) is 6.40. The van der Waals surface area contributed by atoms with Gasteiger partial charge in [0, 0.05) is 30.9 Å². The molecule has 1 aliphatic heterocycles. The molecule has 1 saturated heterocycles. The average Bonchev–Trinajstić information content (AvgIpc) is 2.82. The van der Waals surface area contributed by atoms with Crippen LogP contribution in [0.25, 0.3) is 0 Å². The van der Waals surface area contributed by atoms with Crippen LogP contribution in [0.4, 0.5) is 10.1 Å². The van der Waals surface area contributed by atoms with Gasteiger partial charge in [0.2, 0.25) is 5.91 Å². The van der Waals surface area contributed by atoms with Gasteiger partial charge in [-0.05, 0) is 79.7 Å². The summed E-state index contributed by atoms with van der Waals surface area (Å²) in [5.74, 6) is -0.384. The molecule has 2 aromatic carbocycles. The number of piperidine rings is 1. The normalized spacial score (nSPS) is 15.0. The summed E-state index contributed by atoms with van der Waals surface area (Å²) >= 11 is 5.54. The Balaban J connectivity index is 1.64. The van der Waals surface area contributed by atoms with Gasteiger partial charge in [-0.25, -0.2) is 4.39 Å². The van der Waals surface area contributed by atoms with Gasteiger partial charge in [0.05, 0.1) is 0 Å². The highest BCUT2D eigenvalue weighted by molar-refractivity contribution is 7.80. The molecule has 2 aromatic rings. The fourth-order valence-electron chi connectivity index (χ4n) is 4.03. The van der Waals surface area contributed by atoms with E-state index >= 15 is 0 Å². The number of aryl methyl sites for hydroxylation is 1. The summed E-state index contributed by atoms with van der Waals surface area (Å²) in [7, 11) is 0. The van der Waals surface area contributed by atoms with Crippen LogP contribution in [-0.2, 0) is 4.79 Å². The molecule has 1 aliphatic rings. The number of carbonyl (C=O) groups is 2. The van der Waals surface area contributed by atoms with Crippen LogP contribution in [0, 0.1) is 24.6 Å². The van der Waals surface area contributed by atoms with Gasteiger partial charge in [-0.2, -0.15) is 0 Å². The van der Waals surface area contributed by atoms with Crippen molar-refractivity contribution in [3.05, 3.63) is 65.5 Å². The highest BCUT2D eigenvalue weighted by Gasteiger charge is 2.33. The second kappa shape index (κ2) is 11.9. The first kappa shape index (κ1) is 25.6. The van der Waals surface area contributed by atoms with Crippen LogP contribution in [0.1, 0.15) is 42.6 Å². The Morgan fingerprint density at radius 3 is 2.35 bits per heavy atom. The fourth-order valence-corrected chi connectivity index (χ4v) is 4.33. The van der Waals surface area contributed by atoms with Crippen LogP contribution in [0.3, 0.4) is 0 Å². The van der Waals surface area contributed by atoms with Crippen molar-refractivity contribution in [1.82, 2.24) is 15.5 Å². The zero-order valence-corrected chi connectivity index (χ0v) is 20.8. The lowest BCUT2D eigenvalue weighted by Gasteiger charge is -2.37. The van der Waals surface area contributed by atoms with Crippen molar-refractivity contribution in [1.29, 1.82) is 0 Å². The topological polar surface area (TPSA) is 73.5 Å². The van der Waals surface area contributed by atoms with E-state index in [0.717, 1.165) is 11.3 Å². The molecule has 3 rings (SSSR count). The van der Waals surface area contributed by atoms with Crippen molar-refractivity contribution in [2.75, 3.05) is 25.0 Å². The summed E-state index contributed by atoms with van der Waals surface area (Å²) in [6.07, 6.45) is 1.41. The number of amides is 2. The third-order valence-electron chi connectivity index (χ3n) is 6.04. The van der Waals surface area contributed by atoms with Crippen LogP contribution in [-0.4, -0.2) is 47.5 Å². The van der Waals surface area contributed by atoms with Gasteiger partial charge in [-0.3, -0.25) is 9.59 Å². The van der Waals surface area contributed by atoms with Gasteiger partial charge >= 0.3 is 0 Å². The average molecular weight is 485 g/mol. The number of hydrogen-bond acceptors (Lipinski definition) is 3. The van der Waals surface area contributed by atoms with Gasteiger partial charge in [-0.1, -0.05) is 32.0 Å². The molecule has 1 atom stereocenters. The molecule has 0 aromatic heterocycles. The van der Waals surface area contributed by atoms with Crippen molar-refractivity contribution in [2.24, 2.45) is 11.8 Å². The second-order valence-electron chi connectivity index (χ2n) is 9.17. The molecule has 182 valence electrons. The first-order chi connectivity index (χ1) is 16.2. The van der Waals surface area contributed by atoms with E-state index in [2.05, 4.69) is 16.0 Å². The quantitative estimate of drug-likeness (QED) is 0.516. The minimum Gasteiger partial charge on any atom is -0.354 e. The van der Waals surface area contributed by atoms with Crippen LogP contribution in [0.2, 0.25) is 0 Å². The summed E-state index contributed by atoms with van der Waals surface area (Å²) < 4.78 is 13.1. The number of anilines is 1. The van der Waals surface area contributed by atoms with E-state index in [0.29, 0.717) is 49.1 Å². The number of carbonyl (C=O) groups excluding carboxylic acids is 2. The maximum Gasteiger partial charge on any atom is 0.252 e. The van der Waals surface area contributed by atoms with Crippen molar-refractivity contribution in [3.63, 3.8) is 0 Å². The lowest BCUT2D eigenvalue weighted by molar-refractivity contribution is -0.124. The smallest absolute Gasteiger partial charge is 0.252 e. The van der Waals surface area contributed by atoms with Crippen molar-refractivity contribution < 1.29 is 14.0 Å². The fraction of sp³-hybridized carbons (Fsp3) is 0.423. The van der Waals surface area contributed by atoms with Crippen molar-refractivity contribution in [3.8, 4) is 0 Å². The molecule has 1 heterocycles. The Labute approximate surface area is 206 Å². The summed E-state index contributed by atoms with van der Waals surface area (Å²) in [6.45, 7) is 7.83. The molecular formula is C26H33FN4O2S. The predicted molar refractivity (Wildman–Crippen MR) is 137 cm³/mol. The number of rotatable bonds is 7. The number of likely N-dealkylation sites (tertiary alicyclic amines) is 1. The maximum absolute atomic E-state index is 13.1. The highest BCUT2D eigenvalue weighted by Crippen LogP contribution is 2.23. The summed E-state index contributed by atoms with van der Waals surface area (Å²) in [5.41, 5.74) is 2.17. The summed E-state index contributed by atoms with van der Waals surface area (Å²) in [5, 5.41) is 9.69. The van der Waals surface area contributed by atoms with Crippen LogP contribution < -0.4 is 16.0 Å². The number of nitrogens with one attached hydrogen (secondary N) is 3. The molecule has 34 heavy (non-hydrogen) atoms. The molecule has 6 nitrogen and oxygen atoms in total. The third kappa shape index (κ3) is 7.00. The Morgan fingerprint density at radius 1 is 1.09 bits per heavy atom. The maximum atomic E-state index is 13.1. The standard InChI is InChI=1S/C26H33FN4O2S/c1-17(2)16-28-25(33)23(30-24(32)22-7-5-4-6-18(22)3)19-12-14-31(15-13-19)26(34)29-21-10-8-20(27)9-11-21/h4-11,17,19,23H,12-16H2,1-3H3,(H,28,33)(H,29,34)(H,30,32)/t23-/m0/s1. The first-order valence-corrected chi connectivity index (χ1v) is 12.1. The molecule has 0 spiro atoms. The monoisotopic (exact) mass is 484 g/mol. The Bertz CT molecular complexity index is 1000. The number of halogens is 1. The minimum atomic E-state index is -0.619. The van der Waals surface area contributed by atoms with Gasteiger partial charge in [-0.15, -0.1) is 0 Å². The molecule has 0 aliphatic carbocycles. The molecule has 0 radical (unpaired) electrons. The van der Waals surface area contributed by atoms with E-state index in [-0.39, 0.29) is 23.5 Å². The number of hydrogen-bond donors (Lipinski definition) is 3. The molecule has 2 amide bonds. The van der Waals surface area contributed by atoms with Crippen LogP contribution >= 0.6 is 12.2 Å². The van der Waals surface area contributed by atoms with Crippen LogP contribution in [0.15, 0.2) is 48.5 Å². The van der Waals surface area contributed by atoms with Crippen molar-refractivity contribution >= 4 is 34.8 Å². The molecule has 0 saturated carbocycles. The Hall–Kier alpha value is -3.00. The van der Waals surface area contributed by atoms with E-state index in [1.165, 1.54) is 12.1 Å². The molecule has 0 unspecified atom stereocenters. The molecule has 8 heteroatoms. The van der Waals surface area contributed by atoms with Gasteiger partial charge in [0.15, 0.2) is 5.11 Å². The Morgan fingerprint density at radius 2 is 1.74 bits per heavy atom. The highest BCUT2D eigenvalue weighted by atomic mass is 32.1.